The van der Waals surface area contributed by atoms with Crippen molar-refractivity contribution in [3.63, 3.8) is 0 Å². The topological polar surface area (TPSA) is 75.3 Å². The van der Waals surface area contributed by atoms with E-state index in [4.69, 9.17) is 0 Å². The van der Waals surface area contributed by atoms with Crippen molar-refractivity contribution in [3.8, 4) is 0 Å². The molecule has 6 heteroatoms. The van der Waals surface area contributed by atoms with Gasteiger partial charge in [0.25, 0.3) is 0 Å². The quantitative estimate of drug-likeness (QED) is 0.736. The van der Waals surface area contributed by atoms with Crippen molar-refractivity contribution in [2.75, 3.05) is 0 Å². The van der Waals surface area contributed by atoms with Gasteiger partial charge in [-0.25, -0.2) is 8.42 Å². The molecule has 1 aliphatic carbocycles. The molecule has 0 radical (unpaired) electrons. The van der Waals surface area contributed by atoms with Crippen molar-refractivity contribution in [1.29, 1.82) is 0 Å². The van der Waals surface area contributed by atoms with Gasteiger partial charge in [-0.3, -0.25) is 4.79 Å². The second kappa shape index (κ2) is 10.2. The zero-order chi connectivity index (χ0) is 19.9. The van der Waals surface area contributed by atoms with E-state index in [1.165, 1.54) is 19.3 Å². The van der Waals surface area contributed by atoms with Crippen LogP contribution in [-0.2, 0) is 14.8 Å². The maximum absolute atomic E-state index is 12.9. The molecule has 0 bridgehead atoms. The minimum Gasteiger partial charge on any atom is -0.352 e. The fourth-order valence-electron chi connectivity index (χ4n) is 3.51. The van der Waals surface area contributed by atoms with Crippen molar-refractivity contribution in [2.24, 2.45) is 5.92 Å². The van der Waals surface area contributed by atoms with Crippen LogP contribution in [0.15, 0.2) is 29.2 Å². The van der Waals surface area contributed by atoms with Gasteiger partial charge in [0.15, 0.2) is 0 Å². The molecule has 1 fully saturated rings. The Labute approximate surface area is 164 Å². The highest BCUT2D eigenvalue weighted by molar-refractivity contribution is 7.89. The number of aryl methyl sites for hydroxylation is 1. The van der Waals surface area contributed by atoms with Gasteiger partial charge >= 0.3 is 0 Å². The number of nitrogens with one attached hydrogen (secondary N) is 2. The molecule has 0 aromatic heterocycles. The fourth-order valence-corrected chi connectivity index (χ4v) is 4.81. The van der Waals surface area contributed by atoms with Gasteiger partial charge in [-0.1, -0.05) is 70.1 Å². The van der Waals surface area contributed by atoms with Crippen molar-refractivity contribution in [1.82, 2.24) is 10.0 Å². The van der Waals surface area contributed by atoms with Crippen LogP contribution in [0.3, 0.4) is 0 Å². The van der Waals surface area contributed by atoms with Crippen LogP contribution in [-0.4, -0.2) is 26.4 Å². The van der Waals surface area contributed by atoms with E-state index in [0.717, 1.165) is 37.7 Å². The van der Waals surface area contributed by atoms with Crippen LogP contribution in [0.5, 0.6) is 0 Å². The van der Waals surface area contributed by atoms with E-state index >= 15 is 0 Å². The summed E-state index contributed by atoms with van der Waals surface area (Å²) in [6.07, 6.45) is 8.60. The summed E-state index contributed by atoms with van der Waals surface area (Å²) in [5.74, 6) is -0.288. The zero-order valence-corrected chi connectivity index (χ0v) is 17.6. The number of benzene rings is 1. The lowest BCUT2D eigenvalue weighted by Crippen LogP contribution is -2.52. The lowest BCUT2D eigenvalue weighted by molar-refractivity contribution is -0.124. The van der Waals surface area contributed by atoms with Gasteiger partial charge in [-0.15, -0.1) is 0 Å². The van der Waals surface area contributed by atoms with Crippen LogP contribution in [0.25, 0.3) is 0 Å². The summed E-state index contributed by atoms with van der Waals surface area (Å²) in [6, 6.07) is 6.08. The highest BCUT2D eigenvalue weighted by Gasteiger charge is 2.30. The Hall–Kier alpha value is -1.40. The largest absolute Gasteiger partial charge is 0.352 e. The number of hydrogen-bond acceptors (Lipinski definition) is 3. The first-order valence-electron chi connectivity index (χ1n) is 10.2. The first kappa shape index (κ1) is 21.9. The standard InChI is InChI=1S/C21H34N2O3S/c1-4-17(3)20(21(24)22-18-10-8-6-5-7-9-11-18)23-27(25,26)19-14-12-16(2)13-15-19/h12-15,17-18,20,23H,4-11H2,1-3H3,(H,22,24)/t17-,20-/m1/s1. The van der Waals surface area contributed by atoms with Crippen molar-refractivity contribution >= 4 is 15.9 Å². The van der Waals surface area contributed by atoms with Crippen molar-refractivity contribution in [3.05, 3.63) is 29.8 Å². The molecule has 0 saturated heterocycles. The summed E-state index contributed by atoms with van der Waals surface area (Å²) < 4.78 is 28.2. The van der Waals surface area contributed by atoms with Crippen LogP contribution in [0.1, 0.15) is 70.8 Å². The highest BCUT2D eigenvalue weighted by Crippen LogP contribution is 2.19. The maximum Gasteiger partial charge on any atom is 0.241 e. The molecule has 0 unspecified atom stereocenters. The normalized spacial score (nSPS) is 18.9. The molecule has 2 N–H and O–H groups in total. The minimum atomic E-state index is -3.74. The summed E-state index contributed by atoms with van der Waals surface area (Å²) in [5.41, 5.74) is 0.995. The Morgan fingerprint density at radius 2 is 1.63 bits per heavy atom. The Balaban J connectivity index is 2.11. The third-order valence-electron chi connectivity index (χ3n) is 5.56. The summed E-state index contributed by atoms with van der Waals surface area (Å²) in [7, 11) is -3.74. The van der Waals surface area contributed by atoms with Crippen LogP contribution in [0.2, 0.25) is 0 Å². The van der Waals surface area contributed by atoms with Gasteiger partial charge in [0.1, 0.15) is 6.04 Å². The second-order valence-electron chi connectivity index (χ2n) is 7.85. The van der Waals surface area contributed by atoms with Crippen LogP contribution >= 0.6 is 0 Å². The lowest BCUT2D eigenvalue weighted by Gasteiger charge is -2.27. The molecule has 0 aliphatic heterocycles. The molecule has 1 aliphatic rings. The van der Waals surface area contributed by atoms with E-state index in [9.17, 15) is 13.2 Å². The van der Waals surface area contributed by atoms with Crippen molar-refractivity contribution < 1.29 is 13.2 Å². The van der Waals surface area contributed by atoms with E-state index < -0.39 is 16.1 Å². The molecule has 0 heterocycles. The predicted molar refractivity (Wildman–Crippen MR) is 109 cm³/mol. The summed E-state index contributed by atoms with van der Waals surface area (Å²) in [5, 5.41) is 3.12. The second-order valence-corrected chi connectivity index (χ2v) is 9.56. The number of sulfonamides is 1. The molecule has 2 atom stereocenters. The molecule has 2 rings (SSSR count). The van der Waals surface area contributed by atoms with E-state index in [2.05, 4.69) is 10.0 Å². The first-order valence-corrected chi connectivity index (χ1v) is 11.7. The Morgan fingerprint density at radius 1 is 1.07 bits per heavy atom. The molecule has 27 heavy (non-hydrogen) atoms. The van der Waals surface area contributed by atoms with E-state index in [-0.39, 0.29) is 22.8 Å². The van der Waals surface area contributed by atoms with Gasteiger partial charge in [0.2, 0.25) is 15.9 Å². The maximum atomic E-state index is 12.9. The number of amides is 1. The van der Waals surface area contributed by atoms with Crippen LogP contribution in [0, 0.1) is 12.8 Å². The summed E-state index contributed by atoms with van der Waals surface area (Å²) in [6.45, 7) is 5.80. The van der Waals surface area contributed by atoms with Crippen LogP contribution < -0.4 is 10.0 Å². The summed E-state index contributed by atoms with van der Waals surface area (Å²) >= 11 is 0. The monoisotopic (exact) mass is 394 g/mol. The number of hydrogen-bond donors (Lipinski definition) is 2. The molecule has 5 nitrogen and oxygen atoms in total. The lowest BCUT2D eigenvalue weighted by atomic mass is 9.95. The van der Waals surface area contributed by atoms with Crippen molar-refractivity contribution in [2.45, 2.75) is 89.1 Å². The van der Waals surface area contributed by atoms with Gasteiger partial charge < -0.3 is 5.32 Å². The third kappa shape index (κ3) is 6.61. The number of carbonyl (C=O) groups excluding carboxylic acids is 1. The number of carbonyl (C=O) groups is 1. The Kier molecular flexibility index (Phi) is 8.29. The average molecular weight is 395 g/mol. The SMILES string of the molecule is CC[C@@H](C)[C@@H](NS(=O)(=O)c1ccc(C)cc1)C(=O)NC1CCCCCCC1. The molecule has 0 spiro atoms. The minimum absolute atomic E-state index is 0.0845. The van der Waals surface area contributed by atoms with E-state index in [1.54, 1.807) is 24.3 Å². The Bertz CT molecular complexity index is 693. The highest BCUT2D eigenvalue weighted by atomic mass is 32.2. The molecule has 1 aromatic carbocycles. The van der Waals surface area contributed by atoms with E-state index in [1.807, 2.05) is 20.8 Å². The fraction of sp³-hybridized carbons (Fsp3) is 0.667. The predicted octanol–water partition coefficient (Wildman–Crippen LogP) is 3.92. The van der Waals surface area contributed by atoms with Crippen LogP contribution in [0.4, 0.5) is 0 Å². The van der Waals surface area contributed by atoms with Gasteiger partial charge in [0.05, 0.1) is 4.90 Å². The first-order chi connectivity index (χ1) is 12.8. The third-order valence-corrected chi connectivity index (χ3v) is 7.02. The summed E-state index contributed by atoms with van der Waals surface area (Å²) in [4.78, 5) is 13.1. The average Bonchev–Trinajstić information content (AvgIpc) is 2.61. The molecule has 152 valence electrons. The molecular formula is C21H34N2O3S. The Morgan fingerprint density at radius 3 is 2.19 bits per heavy atom. The zero-order valence-electron chi connectivity index (χ0n) is 16.8. The smallest absolute Gasteiger partial charge is 0.241 e. The number of rotatable bonds is 7. The molecular weight excluding hydrogens is 360 g/mol. The molecule has 1 amide bonds. The molecule has 1 saturated carbocycles. The van der Waals surface area contributed by atoms with E-state index in [0.29, 0.717) is 0 Å². The van der Waals surface area contributed by atoms with Gasteiger partial charge in [-0.2, -0.15) is 4.72 Å². The van der Waals surface area contributed by atoms with Gasteiger partial charge in [-0.05, 0) is 37.8 Å². The molecule has 1 aromatic rings. The van der Waals surface area contributed by atoms with Gasteiger partial charge in [0, 0.05) is 6.04 Å².